The van der Waals surface area contributed by atoms with Gasteiger partial charge in [0.25, 0.3) is 0 Å². The molecule has 3 rings (SSSR count). The number of benzene rings is 2. The number of likely N-dealkylation sites (N-methyl/N-ethyl adjacent to an activating group) is 1. The highest BCUT2D eigenvalue weighted by Gasteiger charge is 2.16. The number of amides is 1. The number of hydrogen-bond donors (Lipinski definition) is 1. The zero-order valence-corrected chi connectivity index (χ0v) is 21.1. The summed E-state index contributed by atoms with van der Waals surface area (Å²) in [5.41, 5.74) is 3.16. The van der Waals surface area contributed by atoms with Crippen molar-refractivity contribution in [2.45, 2.75) is 31.7 Å². The molecule has 31 heavy (non-hydrogen) atoms. The van der Waals surface area contributed by atoms with Crippen molar-refractivity contribution in [3.05, 3.63) is 65.6 Å². The second kappa shape index (κ2) is 12.1. The normalized spacial score (nSPS) is 12.9. The van der Waals surface area contributed by atoms with Crippen LogP contribution in [0.2, 0.25) is 0 Å². The first kappa shape index (κ1) is 25.3. The Morgan fingerprint density at radius 1 is 1.23 bits per heavy atom. The molecule has 5 nitrogen and oxygen atoms in total. The molecule has 1 heterocycles. The van der Waals surface area contributed by atoms with Gasteiger partial charge in [-0.15, -0.1) is 0 Å². The summed E-state index contributed by atoms with van der Waals surface area (Å²) in [7, 11) is 5.98. The Morgan fingerprint density at radius 2 is 1.97 bits per heavy atom. The third-order valence-corrected chi connectivity index (χ3v) is 5.46. The van der Waals surface area contributed by atoms with Crippen LogP contribution < -0.4 is 5.32 Å². The predicted molar refractivity (Wildman–Crippen MR) is 134 cm³/mol. The average molecular weight is 538 g/mol. The van der Waals surface area contributed by atoms with E-state index in [1.54, 1.807) is 6.07 Å². The summed E-state index contributed by atoms with van der Waals surface area (Å²) in [6.07, 6.45) is 3.04. The van der Waals surface area contributed by atoms with Crippen molar-refractivity contribution >= 4 is 39.4 Å². The molecule has 2 unspecified atom stereocenters. The fourth-order valence-corrected chi connectivity index (χ4v) is 3.56. The van der Waals surface area contributed by atoms with Crippen molar-refractivity contribution in [2.24, 2.45) is 7.05 Å². The molecule has 0 aliphatic heterocycles. The van der Waals surface area contributed by atoms with Crippen LogP contribution in [0.3, 0.4) is 0 Å². The van der Waals surface area contributed by atoms with Crippen molar-refractivity contribution in [1.29, 1.82) is 0 Å². The number of nitrogens with zero attached hydrogens (tertiary/aromatic N) is 3. The lowest BCUT2D eigenvalue weighted by atomic mass is 9.97. The number of nitrogens with one attached hydrogen (secondary N) is 1. The molecule has 0 aliphatic rings. The smallest absolute Gasteiger partial charge is 0.220 e. The van der Waals surface area contributed by atoms with E-state index in [9.17, 15) is 9.18 Å². The lowest BCUT2D eigenvalue weighted by Gasteiger charge is -2.25. The molecule has 1 aromatic heterocycles. The zero-order valence-electron chi connectivity index (χ0n) is 18.9. The second-order valence-corrected chi connectivity index (χ2v) is 7.95. The fourth-order valence-electron chi connectivity index (χ4n) is 3.56. The highest BCUT2D eigenvalue weighted by atomic mass is 127. The summed E-state index contributed by atoms with van der Waals surface area (Å²) in [4.78, 5) is 16.5. The molecule has 0 fully saturated rings. The summed E-state index contributed by atoms with van der Waals surface area (Å²) >= 11 is 2.15. The van der Waals surface area contributed by atoms with E-state index >= 15 is 0 Å². The zero-order chi connectivity index (χ0) is 23.0. The first-order valence-electron chi connectivity index (χ1n) is 10.3. The number of carbonyl (C=O) groups excluding carboxylic acids is 1. The molecule has 1 N–H and O–H groups in total. The van der Waals surface area contributed by atoms with Crippen molar-refractivity contribution in [1.82, 2.24) is 20.0 Å². The van der Waals surface area contributed by atoms with Crippen LogP contribution in [0.4, 0.5) is 4.39 Å². The Balaban J connectivity index is 0.00000166. The van der Waals surface area contributed by atoms with Crippen molar-refractivity contribution in [3.8, 4) is 0 Å². The molecule has 0 radical (unpaired) electrons. The van der Waals surface area contributed by atoms with Gasteiger partial charge in [-0.1, -0.05) is 47.7 Å². The van der Waals surface area contributed by atoms with E-state index in [4.69, 9.17) is 0 Å². The highest BCUT2D eigenvalue weighted by molar-refractivity contribution is 14.1. The maximum absolute atomic E-state index is 13.4. The molecule has 0 spiro atoms. The quantitative estimate of drug-likeness (QED) is 0.339. The third kappa shape index (κ3) is 7.28. The van der Waals surface area contributed by atoms with Crippen LogP contribution in [0.15, 0.2) is 48.7 Å². The van der Waals surface area contributed by atoms with Gasteiger partial charge in [0.15, 0.2) is 0 Å². The number of hydrogen-bond acceptors (Lipinski definition) is 3. The Labute approximate surface area is 198 Å². The Bertz CT molecular complexity index is 989. The number of halogens is 2. The molecule has 2 atom stereocenters. The monoisotopic (exact) mass is 538 g/mol. The van der Waals surface area contributed by atoms with E-state index in [1.165, 1.54) is 17.7 Å². The predicted octanol–water partition coefficient (Wildman–Crippen LogP) is 4.55. The topological polar surface area (TPSA) is 50.2 Å². The van der Waals surface area contributed by atoms with Crippen molar-refractivity contribution < 1.29 is 9.18 Å². The van der Waals surface area contributed by atoms with Gasteiger partial charge in [0.2, 0.25) is 5.91 Å². The Kier molecular flexibility index (Phi) is 9.90. The molecule has 2 aromatic carbocycles. The Hall–Kier alpha value is -2.00. The molecule has 0 saturated carbocycles. The fraction of sp³-hybridized carbons (Fsp3) is 0.417. The van der Waals surface area contributed by atoms with Crippen LogP contribution >= 0.6 is 22.6 Å². The molecule has 168 valence electrons. The van der Waals surface area contributed by atoms with Crippen LogP contribution in [0, 0.1) is 5.82 Å². The minimum atomic E-state index is -0.270. The number of aromatic nitrogens is 2. The van der Waals surface area contributed by atoms with Crippen molar-refractivity contribution in [3.63, 3.8) is 0 Å². The number of aryl methyl sites for hydroxylation is 1. The minimum absolute atomic E-state index is 0.0173. The van der Waals surface area contributed by atoms with Gasteiger partial charge in [0.1, 0.15) is 5.82 Å². The van der Waals surface area contributed by atoms with Gasteiger partial charge in [-0.25, -0.2) is 4.39 Å². The van der Waals surface area contributed by atoms with Gasteiger partial charge in [-0.3, -0.25) is 9.48 Å². The van der Waals surface area contributed by atoms with Gasteiger partial charge >= 0.3 is 0 Å². The van der Waals surface area contributed by atoms with E-state index in [0.717, 1.165) is 22.9 Å². The molecule has 7 heteroatoms. The number of carbonyl (C=O) groups is 1. The lowest BCUT2D eigenvalue weighted by molar-refractivity contribution is -0.121. The molecule has 0 aliphatic carbocycles. The molecule has 1 amide bonds. The first-order chi connectivity index (χ1) is 14.8. The van der Waals surface area contributed by atoms with Crippen LogP contribution in [0.25, 0.3) is 10.9 Å². The molecule has 3 aromatic rings. The summed E-state index contributed by atoms with van der Waals surface area (Å²) in [5.74, 6) is -0.319. The van der Waals surface area contributed by atoms with Gasteiger partial charge in [0, 0.05) is 31.4 Å². The van der Waals surface area contributed by atoms with Crippen LogP contribution in [-0.4, -0.2) is 52.2 Å². The standard InChI is InChI=1S/C23H29FN4O.CH3I/c1-16(18-6-5-7-20(24)13-18)10-23(29)25-15-21(27(2)3)12-17-8-9-22-19(11-17)14-26-28(22)4;1-2/h5-9,11,13-14,16,21H,10,12,15H2,1-4H3,(H,25,29);1H3. The van der Waals surface area contributed by atoms with Gasteiger partial charge in [0.05, 0.1) is 11.7 Å². The van der Waals surface area contributed by atoms with E-state index in [1.807, 2.05) is 49.9 Å². The summed E-state index contributed by atoms with van der Waals surface area (Å²) < 4.78 is 15.3. The lowest BCUT2D eigenvalue weighted by Crippen LogP contribution is -2.41. The minimum Gasteiger partial charge on any atom is -0.355 e. The number of alkyl halides is 1. The second-order valence-electron chi connectivity index (χ2n) is 7.95. The SMILES string of the molecule is CC(CC(=O)NCC(Cc1ccc2c(cnn2C)c1)N(C)C)c1cccc(F)c1.CI. The summed E-state index contributed by atoms with van der Waals surface area (Å²) in [5, 5.41) is 8.47. The number of fused-ring (bicyclic) bond motifs is 1. The highest BCUT2D eigenvalue weighted by Crippen LogP contribution is 2.20. The molecular formula is C24H32FIN4O. The van der Waals surface area contributed by atoms with Crippen LogP contribution in [-0.2, 0) is 18.3 Å². The summed E-state index contributed by atoms with van der Waals surface area (Å²) in [6, 6.07) is 13.0. The van der Waals surface area contributed by atoms with E-state index < -0.39 is 0 Å². The van der Waals surface area contributed by atoms with E-state index in [2.05, 4.69) is 56.1 Å². The van der Waals surface area contributed by atoms with Gasteiger partial charge in [-0.2, -0.15) is 5.10 Å². The maximum Gasteiger partial charge on any atom is 0.220 e. The van der Waals surface area contributed by atoms with Crippen LogP contribution in [0.5, 0.6) is 0 Å². The third-order valence-electron chi connectivity index (χ3n) is 5.46. The largest absolute Gasteiger partial charge is 0.355 e. The van der Waals surface area contributed by atoms with Crippen LogP contribution in [0.1, 0.15) is 30.4 Å². The average Bonchev–Trinajstić information content (AvgIpc) is 3.12. The van der Waals surface area contributed by atoms with E-state index in [-0.39, 0.29) is 23.7 Å². The van der Waals surface area contributed by atoms with Crippen molar-refractivity contribution in [2.75, 3.05) is 25.6 Å². The molecular weight excluding hydrogens is 506 g/mol. The van der Waals surface area contributed by atoms with Gasteiger partial charge in [-0.05, 0) is 66.8 Å². The maximum atomic E-state index is 13.4. The van der Waals surface area contributed by atoms with Gasteiger partial charge < -0.3 is 10.2 Å². The summed E-state index contributed by atoms with van der Waals surface area (Å²) in [6.45, 7) is 2.51. The number of rotatable bonds is 8. The Morgan fingerprint density at radius 3 is 2.65 bits per heavy atom. The molecule has 0 saturated heterocycles. The molecule has 0 bridgehead atoms. The first-order valence-corrected chi connectivity index (χ1v) is 12.5. The van der Waals surface area contributed by atoms with E-state index in [0.29, 0.717) is 13.0 Å².